The van der Waals surface area contributed by atoms with Crippen LogP contribution in [-0.4, -0.2) is 40.5 Å². The van der Waals surface area contributed by atoms with E-state index < -0.39 is 10.0 Å². The van der Waals surface area contributed by atoms with Crippen LogP contribution >= 0.6 is 23.1 Å². The topological polar surface area (TPSA) is 92.3 Å². The molecule has 2 aromatic heterocycles. The fourth-order valence-corrected chi connectivity index (χ4v) is 6.66. The number of rotatable bonds is 5. The highest BCUT2D eigenvalue weighted by Gasteiger charge is 2.27. The van der Waals surface area contributed by atoms with Gasteiger partial charge in [-0.1, -0.05) is 12.5 Å². The molecule has 1 amide bonds. The zero-order chi connectivity index (χ0) is 18.9. The highest BCUT2D eigenvalue weighted by molar-refractivity contribution is 7.91. The smallest absolute Gasteiger partial charge is 0.252 e. The number of hydrogen-bond donors (Lipinski definition) is 1. The van der Waals surface area contributed by atoms with E-state index in [1.165, 1.54) is 0 Å². The summed E-state index contributed by atoms with van der Waals surface area (Å²) in [5, 5.41) is 2.84. The van der Waals surface area contributed by atoms with Gasteiger partial charge < -0.3 is 5.32 Å². The number of anilines is 1. The Kier molecular flexibility index (Phi) is 5.22. The molecule has 142 valence electrons. The fraction of sp³-hybridized carbons (Fsp3) is 0.353. The Morgan fingerprint density at radius 1 is 1.11 bits per heavy atom. The third-order valence-electron chi connectivity index (χ3n) is 4.44. The summed E-state index contributed by atoms with van der Waals surface area (Å²) in [5.74, 6) is -0.209. The van der Waals surface area contributed by atoms with Crippen LogP contribution in [0.25, 0.3) is 11.0 Å². The molecular formula is C17H18N4O3S3. The minimum atomic E-state index is -3.45. The van der Waals surface area contributed by atoms with Crippen molar-refractivity contribution in [2.45, 2.75) is 29.9 Å². The molecule has 1 aromatic carbocycles. The van der Waals surface area contributed by atoms with Gasteiger partial charge in [0.05, 0.1) is 23.8 Å². The number of nitrogens with one attached hydrogen (secondary N) is 1. The van der Waals surface area contributed by atoms with Crippen molar-refractivity contribution in [1.29, 1.82) is 0 Å². The summed E-state index contributed by atoms with van der Waals surface area (Å²) < 4.78 is 35.6. The van der Waals surface area contributed by atoms with Crippen LogP contribution in [0.1, 0.15) is 24.1 Å². The molecule has 1 fully saturated rings. The second-order valence-corrected chi connectivity index (χ2v) is 10.2. The van der Waals surface area contributed by atoms with Crippen LogP contribution < -0.4 is 5.32 Å². The molecule has 0 radical (unpaired) electrons. The van der Waals surface area contributed by atoms with Crippen LogP contribution in [0.3, 0.4) is 0 Å². The molecule has 27 heavy (non-hydrogen) atoms. The van der Waals surface area contributed by atoms with E-state index in [0.29, 0.717) is 33.4 Å². The van der Waals surface area contributed by atoms with Crippen molar-refractivity contribution in [2.75, 3.05) is 18.4 Å². The largest absolute Gasteiger partial charge is 0.324 e. The highest BCUT2D eigenvalue weighted by atomic mass is 32.2. The van der Waals surface area contributed by atoms with Crippen LogP contribution in [-0.2, 0) is 21.2 Å². The van der Waals surface area contributed by atoms with E-state index in [4.69, 9.17) is 0 Å². The number of carbonyl (C=O) groups is 1. The van der Waals surface area contributed by atoms with Crippen molar-refractivity contribution < 1.29 is 13.2 Å². The number of nitrogens with zero attached hydrogens (tertiary/aromatic N) is 3. The lowest BCUT2D eigenvalue weighted by atomic mass is 10.2. The summed E-state index contributed by atoms with van der Waals surface area (Å²) in [5.41, 5.74) is 2.02. The van der Waals surface area contributed by atoms with Crippen molar-refractivity contribution in [3.63, 3.8) is 0 Å². The molecule has 3 heterocycles. The molecule has 1 aliphatic rings. The van der Waals surface area contributed by atoms with E-state index in [0.717, 1.165) is 47.8 Å². The number of carbonyl (C=O) groups excluding carboxylic acids is 1. The molecule has 0 aliphatic carbocycles. The molecule has 4 rings (SSSR count). The summed E-state index contributed by atoms with van der Waals surface area (Å²) in [6.07, 6.45) is 2.99. The van der Waals surface area contributed by atoms with Crippen molar-refractivity contribution in [3.8, 4) is 0 Å². The Labute approximate surface area is 165 Å². The summed E-state index contributed by atoms with van der Waals surface area (Å²) in [6.45, 7) is 1.14. The average molecular weight is 423 g/mol. The molecule has 0 bridgehead atoms. The molecule has 7 nitrogen and oxygen atoms in total. The zero-order valence-corrected chi connectivity index (χ0v) is 16.9. The van der Waals surface area contributed by atoms with Crippen molar-refractivity contribution in [3.05, 3.63) is 35.2 Å². The average Bonchev–Trinajstić information content (AvgIpc) is 3.32. The third kappa shape index (κ3) is 3.88. The van der Waals surface area contributed by atoms with Gasteiger partial charge in [0.25, 0.3) is 10.0 Å². The van der Waals surface area contributed by atoms with E-state index in [1.807, 2.05) is 12.1 Å². The number of hydrogen-bond acceptors (Lipinski definition) is 7. The monoisotopic (exact) mass is 422 g/mol. The number of sulfonamides is 1. The van der Waals surface area contributed by atoms with Crippen LogP contribution in [0.4, 0.5) is 5.69 Å². The maximum atomic E-state index is 12.7. The van der Waals surface area contributed by atoms with Crippen molar-refractivity contribution in [1.82, 2.24) is 13.1 Å². The molecule has 3 aromatic rings. The number of fused-ring (bicyclic) bond motifs is 1. The SMILES string of the molecule is O=C(Cc1ccc(S(=O)(=O)N2CCCCC2)s1)Nc1cccc2nsnc12. The minimum Gasteiger partial charge on any atom is -0.324 e. The molecule has 1 saturated heterocycles. The number of thiophene rings is 1. The first kappa shape index (κ1) is 18.5. The lowest BCUT2D eigenvalue weighted by Crippen LogP contribution is -2.35. The molecule has 0 atom stereocenters. The van der Waals surface area contributed by atoms with Crippen molar-refractivity contribution in [2.24, 2.45) is 0 Å². The first-order chi connectivity index (χ1) is 13.0. The highest BCUT2D eigenvalue weighted by Crippen LogP contribution is 2.28. The quantitative estimate of drug-likeness (QED) is 0.682. The van der Waals surface area contributed by atoms with E-state index in [2.05, 4.69) is 14.1 Å². The van der Waals surface area contributed by atoms with E-state index in [-0.39, 0.29) is 12.3 Å². The maximum absolute atomic E-state index is 12.7. The Hall–Kier alpha value is -1.88. The molecule has 0 unspecified atom stereocenters. The Morgan fingerprint density at radius 3 is 2.74 bits per heavy atom. The second kappa shape index (κ2) is 7.63. The summed E-state index contributed by atoms with van der Waals surface area (Å²) in [7, 11) is -3.45. The fourth-order valence-electron chi connectivity index (χ4n) is 3.08. The Morgan fingerprint density at radius 2 is 1.93 bits per heavy atom. The van der Waals surface area contributed by atoms with Gasteiger partial charge >= 0.3 is 0 Å². The lowest BCUT2D eigenvalue weighted by Gasteiger charge is -2.25. The number of benzene rings is 1. The van der Waals surface area contributed by atoms with Gasteiger partial charge in [0.15, 0.2) is 0 Å². The molecule has 10 heteroatoms. The van der Waals surface area contributed by atoms with Gasteiger partial charge in [-0.15, -0.1) is 11.3 Å². The van der Waals surface area contributed by atoms with Gasteiger partial charge in [-0.2, -0.15) is 13.1 Å². The van der Waals surface area contributed by atoms with E-state index in [9.17, 15) is 13.2 Å². The van der Waals surface area contributed by atoms with E-state index in [1.54, 1.807) is 22.5 Å². The van der Waals surface area contributed by atoms with Gasteiger partial charge in [0.1, 0.15) is 15.2 Å². The normalized spacial score (nSPS) is 15.9. The molecule has 1 aliphatic heterocycles. The molecule has 1 N–H and O–H groups in total. The summed E-state index contributed by atoms with van der Waals surface area (Å²) in [4.78, 5) is 13.1. The third-order valence-corrected chi connectivity index (χ3v) is 8.43. The predicted octanol–water partition coefficient (Wildman–Crippen LogP) is 3.11. The molecule has 0 saturated carbocycles. The maximum Gasteiger partial charge on any atom is 0.252 e. The summed E-state index contributed by atoms with van der Waals surface area (Å²) >= 11 is 2.26. The number of piperidine rings is 1. The predicted molar refractivity (Wildman–Crippen MR) is 107 cm³/mol. The minimum absolute atomic E-state index is 0.119. The van der Waals surface area contributed by atoms with Crippen LogP contribution in [0.2, 0.25) is 0 Å². The Bertz CT molecular complexity index is 1070. The zero-order valence-electron chi connectivity index (χ0n) is 14.4. The van der Waals surface area contributed by atoms with Gasteiger partial charge in [0, 0.05) is 18.0 Å². The summed E-state index contributed by atoms with van der Waals surface area (Å²) in [6, 6.07) is 8.75. The second-order valence-electron chi connectivity index (χ2n) is 6.35. The first-order valence-corrected chi connectivity index (χ1v) is 11.6. The van der Waals surface area contributed by atoms with Gasteiger partial charge in [0.2, 0.25) is 5.91 Å². The van der Waals surface area contributed by atoms with Crippen molar-refractivity contribution >= 4 is 55.7 Å². The number of amides is 1. The van der Waals surface area contributed by atoms with Crippen LogP contribution in [0, 0.1) is 0 Å². The van der Waals surface area contributed by atoms with Crippen LogP contribution in [0.15, 0.2) is 34.5 Å². The first-order valence-electron chi connectivity index (χ1n) is 8.64. The Balaban J connectivity index is 1.46. The molecular weight excluding hydrogens is 404 g/mol. The lowest BCUT2D eigenvalue weighted by molar-refractivity contribution is -0.115. The van der Waals surface area contributed by atoms with Crippen LogP contribution in [0.5, 0.6) is 0 Å². The number of aromatic nitrogens is 2. The van der Waals surface area contributed by atoms with Gasteiger partial charge in [-0.05, 0) is 37.1 Å². The van der Waals surface area contributed by atoms with Gasteiger partial charge in [-0.25, -0.2) is 8.42 Å². The standard InChI is InChI=1S/C17H18N4O3S3/c22-15(18-13-5-4-6-14-17(13)20-26-19-14)11-12-7-8-16(25-12)27(23,24)21-9-2-1-3-10-21/h4-8H,1-3,9-11H2,(H,18,22). The van der Waals surface area contributed by atoms with Gasteiger partial charge in [-0.3, -0.25) is 4.79 Å². The molecule has 0 spiro atoms. The van der Waals surface area contributed by atoms with E-state index >= 15 is 0 Å².